The summed E-state index contributed by atoms with van der Waals surface area (Å²) in [7, 11) is 1.57. The molecule has 4 rings (SSSR count). The average Bonchev–Trinajstić information content (AvgIpc) is 3.56. The van der Waals surface area contributed by atoms with Gasteiger partial charge in [-0.25, -0.2) is 4.39 Å². The molecule has 11 heteroatoms. The van der Waals surface area contributed by atoms with Crippen LogP contribution in [0.1, 0.15) is 45.2 Å². The second kappa shape index (κ2) is 11.7. The molecule has 1 fully saturated rings. The number of aromatic nitrogens is 4. The van der Waals surface area contributed by atoms with Crippen LogP contribution in [0.3, 0.4) is 0 Å². The van der Waals surface area contributed by atoms with Crippen molar-refractivity contribution < 1.29 is 23.5 Å². The van der Waals surface area contributed by atoms with Gasteiger partial charge in [-0.3, -0.25) is 9.59 Å². The number of ether oxygens (including phenoxy) is 2. The number of carbonyl (C=O) groups is 2. The maximum Gasteiger partial charge on any atom is 0.247 e. The Balaban J connectivity index is 1.64. The lowest BCUT2D eigenvalue weighted by Crippen LogP contribution is -2.51. The molecule has 0 bridgehead atoms. The van der Waals surface area contributed by atoms with Crippen LogP contribution in [0.15, 0.2) is 48.5 Å². The largest absolute Gasteiger partial charge is 0.497 e. The van der Waals surface area contributed by atoms with Crippen LogP contribution >= 0.6 is 0 Å². The Hall–Kier alpha value is -3.86. The Morgan fingerprint density at radius 1 is 1.18 bits per heavy atom. The van der Waals surface area contributed by atoms with Crippen molar-refractivity contribution >= 4 is 11.8 Å². The Morgan fingerprint density at radius 2 is 1.89 bits per heavy atom. The Morgan fingerprint density at radius 3 is 2.50 bits per heavy atom. The highest BCUT2D eigenvalue weighted by Gasteiger charge is 2.36. The summed E-state index contributed by atoms with van der Waals surface area (Å²) in [6.07, 6.45) is 1.48. The maximum absolute atomic E-state index is 13.8. The van der Waals surface area contributed by atoms with Crippen LogP contribution in [-0.2, 0) is 20.9 Å². The molecule has 0 aliphatic carbocycles. The van der Waals surface area contributed by atoms with Crippen molar-refractivity contribution in [3.05, 3.63) is 59.9 Å². The predicted molar refractivity (Wildman–Crippen MR) is 138 cm³/mol. The first-order valence-electron chi connectivity index (χ1n) is 12.5. The molecule has 3 aromatic rings. The van der Waals surface area contributed by atoms with Crippen LogP contribution in [-0.4, -0.2) is 68.8 Å². The SMILES string of the molecule is COc1ccc(C(C(=O)NC(C)(C)C)N(CC2CCCO2)C(=O)Cn2nnc(-c3ccc(F)cc3)n2)cc1. The number of nitrogens with zero attached hydrogens (tertiary/aromatic N) is 5. The van der Waals surface area contributed by atoms with E-state index in [1.54, 1.807) is 43.5 Å². The molecule has 1 aliphatic rings. The number of amides is 2. The third-order valence-electron chi connectivity index (χ3n) is 6.07. The van der Waals surface area contributed by atoms with Gasteiger partial charge in [-0.2, -0.15) is 4.80 Å². The van der Waals surface area contributed by atoms with Crippen LogP contribution < -0.4 is 10.1 Å². The van der Waals surface area contributed by atoms with E-state index in [0.717, 1.165) is 12.8 Å². The summed E-state index contributed by atoms with van der Waals surface area (Å²) in [6, 6.07) is 11.8. The minimum Gasteiger partial charge on any atom is -0.497 e. The quantitative estimate of drug-likeness (QED) is 0.458. The van der Waals surface area contributed by atoms with Gasteiger partial charge in [0.1, 0.15) is 24.2 Å². The first-order valence-corrected chi connectivity index (χ1v) is 12.5. The summed E-state index contributed by atoms with van der Waals surface area (Å²) in [4.78, 5) is 30.1. The highest BCUT2D eigenvalue weighted by molar-refractivity contribution is 5.89. The Labute approximate surface area is 221 Å². The maximum atomic E-state index is 13.8. The molecule has 2 unspecified atom stereocenters. The van der Waals surface area contributed by atoms with E-state index in [1.165, 1.54) is 21.8 Å². The van der Waals surface area contributed by atoms with Gasteiger partial charge in [0.05, 0.1) is 13.2 Å². The monoisotopic (exact) mass is 524 g/mol. The van der Waals surface area contributed by atoms with Crippen LogP contribution in [0, 0.1) is 5.82 Å². The van der Waals surface area contributed by atoms with Gasteiger partial charge < -0.3 is 19.7 Å². The summed E-state index contributed by atoms with van der Waals surface area (Å²) in [6.45, 7) is 6.26. The molecule has 10 nitrogen and oxygen atoms in total. The number of tetrazole rings is 1. The lowest BCUT2D eigenvalue weighted by molar-refractivity contribution is -0.144. The summed E-state index contributed by atoms with van der Waals surface area (Å²) >= 11 is 0. The van der Waals surface area contributed by atoms with Crippen molar-refractivity contribution in [3.8, 4) is 17.1 Å². The molecule has 0 saturated carbocycles. The van der Waals surface area contributed by atoms with Gasteiger partial charge in [0.25, 0.3) is 0 Å². The molecule has 1 aromatic heterocycles. The second-order valence-electron chi connectivity index (χ2n) is 10.2. The van der Waals surface area contributed by atoms with E-state index in [4.69, 9.17) is 9.47 Å². The van der Waals surface area contributed by atoms with Crippen LogP contribution in [0.25, 0.3) is 11.4 Å². The number of carbonyl (C=O) groups excluding carboxylic acids is 2. The fourth-order valence-electron chi connectivity index (χ4n) is 4.29. The number of nitrogens with one attached hydrogen (secondary N) is 1. The molecule has 0 spiro atoms. The molecular formula is C27H33FN6O4. The van der Waals surface area contributed by atoms with E-state index in [2.05, 4.69) is 20.7 Å². The normalized spacial score (nSPS) is 16.2. The van der Waals surface area contributed by atoms with E-state index in [1.807, 2.05) is 20.8 Å². The van der Waals surface area contributed by atoms with Gasteiger partial charge in [0.15, 0.2) is 0 Å². The van der Waals surface area contributed by atoms with Crippen LogP contribution in [0.5, 0.6) is 5.75 Å². The third kappa shape index (κ3) is 6.91. The van der Waals surface area contributed by atoms with Crippen molar-refractivity contribution in [2.75, 3.05) is 20.3 Å². The molecule has 2 heterocycles. The lowest BCUT2D eigenvalue weighted by Gasteiger charge is -2.35. The highest BCUT2D eigenvalue weighted by Crippen LogP contribution is 2.27. The molecule has 202 valence electrons. The summed E-state index contributed by atoms with van der Waals surface area (Å²) in [5, 5.41) is 15.3. The molecule has 1 N–H and O–H groups in total. The van der Waals surface area contributed by atoms with Crippen LogP contribution in [0.4, 0.5) is 4.39 Å². The van der Waals surface area contributed by atoms with Crippen molar-refractivity contribution in [1.82, 2.24) is 30.4 Å². The minimum absolute atomic E-state index is 0.194. The molecule has 1 aliphatic heterocycles. The number of methoxy groups -OCH3 is 1. The summed E-state index contributed by atoms with van der Waals surface area (Å²) < 4.78 is 24.4. The first-order chi connectivity index (χ1) is 18.1. The number of hydrogen-bond acceptors (Lipinski definition) is 7. The molecule has 0 radical (unpaired) electrons. The first kappa shape index (κ1) is 27.2. The third-order valence-corrected chi connectivity index (χ3v) is 6.07. The fraction of sp³-hybridized carbons (Fsp3) is 0.444. The fourth-order valence-corrected chi connectivity index (χ4v) is 4.29. The highest BCUT2D eigenvalue weighted by atomic mass is 19.1. The van der Waals surface area contributed by atoms with Crippen molar-refractivity contribution in [1.29, 1.82) is 0 Å². The molecule has 38 heavy (non-hydrogen) atoms. The average molecular weight is 525 g/mol. The van der Waals surface area contributed by atoms with Gasteiger partial charge >= 0.3 is 0 Å². The summed E-state index contributed by atoms with van der Waals surface area (Å²) in [5.74, 6) is -0.151. The molecule has 2 atom stereocenters. The van der Waals surface area contributed by atoms with Crippen LogP contribution in [0.2, 0.25) is 0 Å². The zero-order chi connectivity index (χ0) is 27.3. The van der Waals surface area contributed by atoms with Gasteiger partial charge in [-0.1, -0.05) is 12.1 Å². The Bertz CT molecular complexity index is 1230. The number of benzene rings is 2. The van der Waals surface area contributed by atoms with Gasteiger partial charge in [0.2, 0.25) is 17.6 Å². The van der Waals surface area contributed by atoms with E-state index >= 15 is 0 Å². The lowest BCUT2D eigenvalue weighted by atomic mass is 10.0. The van der Waals surface area contributed by atoms with E-state index in [-0.39, 0.29) is 42.6 Å². The van der Waals surface area contributed by atoms with Gasteiger partial charge in [-0.15, -0.1) is 10.2 Å². The summed E-state index contributed by atoms with van der Waals surface area (Å²) in [5.41, 5.74) is 0.692. The van der Waals surface area contributed by atoms with Crippen molar-refractivity contribution in [2.24, 2.45) is 0 Å². The second-order valence-corrected chi connectivity index (χ2v) is 10.2. The number of hydrogen-bond donors (Lipinski definition) is 1. The zero-order valence-corrected chi connectivity index (χ0v) is 22.1. The van der Waals surface area contributed by atoms with Crippen molar-refractivity contribution in [2.45, 2.75) is 57.8 Å². The Kier molecular flexibility index (Phi) is 8.35. The smallest absolute Gasteiger partial charge is 0.247 e. The molecule has 2 amide bonds. The van der Waals surface area contributed by atoms with E-state index in [0.29, 0.717) is 23.5 Å². The number of halogens is 1. The van der Waals surface area contributed by atoms with Gasteiger partial charge in [0, 0.05) is 24.3 Å². The standard InChI is InChI=1S/C27H33FN6O4/c1-27(2,3)29-26(36)24(18-9-13-21(37-4)14-10-18)33(16-22-6-5-15-38-22)23(35)17-34-31-25(30-32-34)19-7-11-20(28)12-8-19/h7-14,22,24H,5-6,15-17H2,1-4H3,(H,29,36). The number of rotatable bonds is 9. The van der Waals surface area contributed by atoms with E-state index in [9.17, 15) is 14.0 Å². The van der Waals surface area contributed by atoms with E-state index < -0.39 is 11.6 Å². The molecular weight excluding hydrogens is 491 g/mol. The zero-order valence-electron chi connectivity index (χ0n) is 22.1. The predicted octanol–water partition coefficient (Wildman–Crippen LogP) is 3.15. The van der Waals surface area contributed by atoms with Gasteiger partial charge in [-0.05, 0) is 80.8 Å². The van der Waals surface area contributed by atoms with Crippen molar-refractivity contribution in [3.63, 3.8) is 0 Å². The molecule has 2 aromatic carbocycles. The topological polar surface area (TPSA) is 111 Å². The molecule has 1 saturated heterocycles. The minimum atomic E-state index is -0.920.